The molecule has 0 spiro atoms. The first-order chi connectivity index (χ1) is 12.9. The predicted molar refractivity (Wildman–Crippen MR) is 103 cm³/mol. The van der Waals surface area contributed by atoms with Crippen molar-refractivity contribution in [3.05, 3.63) is 27.2 Å². The number of fused-ring (bicyclic) bond motifs is 1. The van der Waals surface area contributed by atoms with E-state index in [1.54, 1.807) is 0 Å². The molecule has 1 saturated heterocycles. The second-order valence-electron chi connectivity index (χ2n) is 5.64. The Labute approximate surface area is 238 Å². The molecule has 1 aliphatic rings. The normalized spacial score (nSPS) is 25.2. The van der Waals surface area contributed by atoms with E-state index in [-0.39, 0.29) is 99.8 Å². The molecule has 1 unspecified atom stereocenters. The van der Waals surface area contributed by atoms with Crippen LogP contribution < -0.4 is 11.2 Å². The number of phosphoric acid groups is 2. The number of imidazole rings is 1. The number of ether oxygens (including phenoxy) is 1. The average Bonchev–Trinajstić information content (AvgIpc) is 3.06. The molecule has 0 bridgehead atoms. The molecule has 21 heteroatoms. The molecule has 3 rings (SSSR count). The largest absolute Gasteiger partial charge is 0.481 e. The zero-order chi connectivity index (χ0) is 20.9. The van der Waals surface area contributed by atoms with Crippen molar-refractivity contribution in [2.45, 2.75) is 24.5 Å². The van der Waals surface area contributed by atoms with Gasteiger partial charge in [0.2, 0.25) is 0 Å². The van der Waals surface area contributed by atoms with Crippen molar-refractivity contribution in [3.63, 3.8) is 0 Å². The number of aliphatic hydroxyl groups excluding tert-OH is 2. The summed E-state index contributed by atoms with van der Waals surface area (Å²) in [6.07, 6.45) is -5.09. The van der Waals surface area contributed by atoms with Crippen molar-refractivity contribution in [3.8, 4) is 0 Å². The quantitative estimate of drug-likeness (QED) is 0.144. The first-order valence-corrected chi connectivity index (χ1v) is 10.4. The van der Waals surface area contributed by atoms with Crippen LogP contribution in [0.1, 0.15) is 6.23 Å². The summed E-state index contributed by atoms with van der Waals surface area (Å²) in [4.78, 5) is 57.5. The molecule has 0 saturated carbocycles. The molecule has 1 fully saturated rings. The molecule has 0 aliphatic carbocycles. The topological polar surface area (TPSA) is 247 Å². The average molecular weight is 513 g/mol. The number of hydrogen-bond acceptors (Lipinski definition) is 10. The Morgan fingerprint density at radius 1 is 1.10 bits per heavy atom. The van der Waals surface area contributed by atoms with Crippen molar-refractivity contribution >= 4 is 115 Å². The SMILES string of the molecule is O=c1[nH]c(=O)c2ncn([C@@H]3O[C@H](COP(=O)(O)OP(=O)(O)O)[C@@H](O)[C@H]3O)c2[nH]1.[Na].[Na].[Na]. The summed E-state index contributed by atoms with van der Waals surface area (Å²) < 4.78 is 36.4. The van der Waals surface area contributed by atoms with Gasteiger partial charge in [-0.25, -0.2) is 18.9 Å². The fourth-order valence-corrected chi connectivity index (χ4v) is 4.17. The van der Waals surface area contributed by atoms with Crippen molar-refractivity contribution < 1.29 is 47.6 Å². The Hall–Kier alpha value is 1.29. The van der Waals surface area contributed by atoms with E-state index in [2.05, 4.69) is 18.8 Å². The van der Waals surface area contributed by atoms with Gasteiger partial charge in [-0.1, -0.05) is 0 Å². The van der Waals surface area contributed by atoms with Crippen LogP contribution in [0.5, 0.6) is 0 Å². The number of aromatic nitrogens is 4. The molecule has 5 atom stereocenters. The summed E-state index contributed by atoms with van der Waals surface area (Å²) in [6.45, 7) is -0.897. The van der Waals surface area contributed by atoms with E-state index in [1.807, 2.05) is 4.98 Å². The van der Waals surface area contributed by atoms with Crippen molar-refractivity contribution in [2.24, 2.45) is 0 Å². The molecule has 0 amide bonds. The molecule has 16 nitrogen and oxygen atoms in total. The predicted octanol–water partition coefficient (Wildman–Crippen LogP) is -3.88. The summed E-state index contributed by atoms with van der Waals surface area (Å²) in [5, 5.41) is 20.2. The molecule has 1 aliphatic heterocycles. The third-order valence-electron chi connectivity index (χ3n) is 3.69. The molecule has 2 aromatic rings. The Balaban J connectivity index is 0.00000300. The van der Waals surface area contributed by atoms with E-state index >= 15 is 0 Å². The van der Waals surface area contributed by atoms with Gasteiger partial charge >= 0.3 is 21.3 Å². The minimum Gasteiger partial charge on any atom is -0.387 e. The van der Waals surface area contributed by atoms with Gasteiger partial charge in [0, 0.05) is 88.7 Å². The maximum atomic E-state index is 11.7. The number of hydrogen-bond donors (Lipinski definition) is 7. The van der Waals surface area contributed by atoms with Gasteiger partial charge < -0.3 is 29.6 Å². The third-order valence-corrected chi connectivity index (χ3v) is 5.84. The van der Waals surface area contributed by atoms with Crippen LogP contribution in [0.25, 0.3) is 11.2 Å². The Bertz CT molecular complexity index is 1100. The van der Waals surface area contributed by atoms with Gasteiger partial charge in [-0.3, -0.25) is 23.9 Å². The van der Waals surface area contributed by atoms with Crippen LogP contribution in [-0.2, 0) is 22.7 Å². The summed E-state index contributed by atoms with van der Waals surface area (Å²) in [5.41, 5.74) is -1.96. The van der Waals surface area contributed by atoms with Crippen molar-refractivity contribution in [2.75, 3.05) is 6.61 Å². The third kappa shape index (κ3) is 7.90. The van der Waals surface area contributed by atoms with E-state index in [9.17, 15) is 33.8 Å². The van der Waals surface area contributed by atoms with Gasteiger partial charge in [0.15, 0.2) is 11.7 Å². The van der Waals surface area contributed by atoms with Crippen molar-refractivity contribution in [1.82, 2.24) is 19.5 Å². The van der Waals surface area contributed by atoms with E-state index < -0.39 is 58.0 Å². The summed E-state index contributed by atoms with van der Waals surface area (Å²) >= 11 is 0. The minimum absolute atomic E-state index is 0. The minimum atomic E-state index is -5.33. The summed E-state index contributed by atoms with van der Waals surface area (Å²) in [6, 6.07) is 0. The van der Waals surface area contributed by atoms with Gasteiger partial charge in [0.05, 0.1) is 12.9 Å². The maximum Gasteiger partial charge on any atom is 0.481 e. The zero-order valence-electron chi connectivity index (χ0n) is 16.5. The Morgan fingerprint density at radius 3 is 2.29 bits per heavy atom. The second kappa shape index (κ2) is 12.3. The molecule has 159 valence electrons. The number of aromatic amines is 2. The van der Waals surface area contributed by atoms with Crippen LogP contribution in [0, 0.1) is 0 Å². The van der Waals surface area contributed by atoms with E-state index in [0.29, 0.717) is 0 Å². The van der Waals surface area contributed by atoms with Crippen LogP contribution in [-0.4, -0.2) is 158 Å². The number of nitrogens with zero attached hydrogens (tertiary/aromatic N) is 2. The van der Waals surface area contributed by atoms with Crippen molar-refractivity contribution in [1.29, 1.82) is 0 Å². The van der Waals surface area contributed by atoms with Crippen LogP contribution >= 0.6 is 15.6 Å². The van der Waals surface area contributed by atoms with E-state index in [4.69, 9.17) is 14.5 Å². The molecule has 31 heavy (non-hydrogen) atoms. The molecular formula is C10H14N4Na3O12P2. The molecule has 2 aromatic heterocycles. The van der Waals surface area contributed by atoms with Gasteiger partial charge in [0.1, 0.15) is 24.0 Å². The number of nitrogens with one attached hydrogen (secondary N) is 2. The first-order valence-electron chi connectivity index (χ1n) is 7.33. The Morgan fingerprint density at radius 2 is 1.71 bits per heavy atom. The fraction of sp³-hybridized carbons (Fsp3) is 0.500. The summed E-state index contributed by atoms with van der Waals surface area (Å²) in [5.74, 6) is 0. The number of phosphoric ester groups is 1. The second-order valence-corrected chi connectivity index (χ2v) is 8.47. The molecule has 0 aromatic carbocycles. The van der Waals surface area contributed by atoms with Gasteiger partial charge in [-0.05, 0) is 0 Å². The van der Waals surface area contributed by atoms with Crippen LogP contribution in [0.4, 0.5) is 0 Å². The smallest absolute Gasteiger partial charge is 0.387 e. The standard InChI is InChI=1S/C10H14N4O12P2.3Na/c15-5-3(1-24-28(22,23)26-27(19,20)21)25-9(6(5)16)14-2-11-4-7(14)12-10(18)13-8(4)17;;;/h2-3,5-6,9,15-16H,1H2,(H,22,23)(H2,19,20,21)(H2,12,13,17,18);;;/t3-,5-,6-,9-;;;/m1.../s1. The summed E-state index contributed by atoms with van der Waals surface area (Å²) in [7, 11) is -10.5. The molecule has 3 radical (unpaired) electrons. The van der Waals surface area contributed by atoms with E-state index in [1.165, 1.54) is 0 Å². The monoisotopic (exact) mass is 513 g/mol. The van der Waals surface area contributed by atoms with Crippen LogP contribution in [0.2, 0.25) is 0 Å². The van der Waals surface area contributed by atoms with Crippen LogP contribution in [0.3, 0.4) is 0 Å². The van der Waals surface area contributed by atoms with E-state index in [0.717, 1.165) is 10.9 Å². The number of H-pyrrole nitrogens is 2. The molecule has 3 heterocycles. The maximum absolute atomic E-state index is 11.7. The molecule has 7 N–H and O–H groups in total. The van der Waals surface area contributed by atoms with Gasteiger partial charge in [0.25, 0.3) is 5.56 Å². The number of aliphatic hydroxyl groups is 2. The first kappa shape index (κ1) is 32.3. The number of rotatable bonds is 6. The van der Waals surface area contributed by atoms with Gasteiger partial charge in [-0.2, -0.15) is 4.31 Å². The molecular weight excluding hydrogens is 499 g/mol. The van der Waals surface area contributed by atoms with Gasteiger partial charge in [-0.15, -0.1) is 0 Å². The fourth-order valence-electron chi connectivity index (χ4n) is 2.57. The Kier molecular flexibility index (Phi) is 12.8. The van der Waals surface area contributed by atoms with Crippen LogP contribution in [0.15, 0.2) is 15.9 Å². The zero-order valence-corrected chi connectivity index (χ0v) is 24.3.